The summed E-state index contributed by atoms with van der Waals surface area (Å²) in [4.78, 5) is 16.8. The van der Waals surface area contributed by atoms with Crippen LogP contribution in [-0.2, 0) is 9.53 Å². The molecule has 86 valence electrons. The van der Waals surface area contributed by atoms with Crippen LogP contribution >= 0.6 is 27.3 Å². The van der Waals surface area contributed by atoms with Gasteiger partial charge in [0.25, 0.3) is 0 Å². The minimum absolute atomic E-state index is 0.229. The largest absolute Gasteiger partial charge is 0.465 e. The fraction of sp³-hybridized carbons (Fsp3) is 0.400. The van der Waals surface area contributed by atoms with Gasteiger partial charge in [0.05, 0.1) is 22.0 Å². The van der Waals surface area contributed by atoms with Gasteiger partial charge in [-0.05, 0) is 29.8 Å². The molecule has 0 saturated carbocycles. The monoisotopic (exact) mass is 302 g/mol. The van der Waals surface area contributed by atoms with Crippen LogP contribution in [0.2, 0.25) is 0 Å². The van der Waals surface area contributed by atoms with Crippen LogP contribution in [0, 0.1) is 0 Å². The molecule has 0 aliphatic rings. The number of thiazole rings is 1. The molecular formula is C10H11BrN2O2S. The number of hydrogen-bond donors (Lipinski definition) is 0. The molecule has 4 nitrogen and oxygen atoms in total. The lowest BCUT2D eigenvalue weighted by atomic mass is 10.1. The third kappa shape index (κ3) is 2.12. The van der Waals surface area contributed by atoms with Crippen molar-refractivity contribution < 1.29 is 9.53 Å². The van der Waals surface area contributed by atoms with Crippen molar-refractivity contribution in [1.82, 2.24) is 9.38 Å². The van der Waals surface area contributed by atoms with Gasteiger partial charge in [-0.3, -0.25) is 9.20 Å². The fourth-order valence-electron chi connectivity index (χ4n) is 1.38. The Morgan fingerprint density at radius 2 is 2.44 bits per heavy atom. The Morgan fingerprint density at radius 1 is 1.69 bits per heavy atom. The van der Waals surface area contributed by atoms with Gasteiger partial charge in [0.1, 0.15) is 0 Å². The Bertz CT molecular complexity index is 488. The first-order valence-corrected chi connectivity index (χ1v) is 6.53. The summed E-state index contributed by atoms with van der Waals surface area (Å²) in [6.45, 7) is 4.00. The Hall–Kier alpha value is -0.880. The molecule has 0 amide bonds. The molecule has 0 N–H and O–H groups in total. The second kappa shape index (κ2) is 4.55. The van der Waals surface area contributed by atoms with Crippen molar-refractivity contribution in [3.05, 3.63) is 21.9 Å². The van der Waals surface area contributed by atoms with E-state index in [1.807, 2.05) is 16.8 Å². The van der Waals surface area contributed by atoms with Gasteiger partial charge in [-0.1, -0.05) is 11.3 Å². The lowest BCUT2D eigenvalue weighted by molar-refractivity contribution is -0.144. The summed E-state index contributed by atoms with van der Waals surface area (Å²) in [7, 11) is 0. The number of ether oxygens (including phenoxy) is 1. The lowest BCUT2D eigenvalue weighted by Crippen LogP contribution is -2.13. The van der Waals surface area contributed by atoms with Crippen LogP contribution in [0.25, 0.3) is 4.96 Å². The fourth-order valence-corrected chi connectivity index (χ4v) is 2.74. The number of esters is 1. The van der Waals surface area contributed by atoms with E-state index in [1.54, 1.807) is 13.8 Å². The third-order valence-corrected chi connectivity index (χ3v) is 3.71. The average molecular weight is 303 g/mol. The number of imidazole rings is 1. The van der Waals surface area contributed by atoms with Crippen LogP contribution in [0.1, 0.15) is 25.5 Å². The van der Waals surface area contributed by atoms with E-state index in [9.17, 15) is 4.79 Å². The Labute approximate surface area is 105 Å². The number of fused-ring (bicyclic) bond motifs is 1. The number of nitrogens with zero attached hydrogens (tertiary/aromatic N) is 2. The standard InChI is InChI=1S/C10H11BrN2O2S/c1-3-15-9(14)6(2)7-4-13-5-8(11)16-10(13)12-7/h4-6H,3H2,1-2H3/t6-/m1/s1. The third-order valence-electron chi connectivity index (χ3n) is 2.23. The number of aromatic nitrogens is 2. The highest BCUT2D eigenvalue weighted by atomic mass is 79.9. The van der Waals surface area contributed by atoms with Crippen molar-refractivity contribution in [2.24, 2.45) is 0 Å². The molecule has 2 aromatic heterocycles. The van der Waals surface area contributed by atoms with Crippen LogP contribution in [0.15, 0.2) is 16.2 Å². The Morgan fingerprint density at radius 3 is 3.06 bits per heavy atom. The van der Waals surface area contributed by atoms with Gasteiger partial charge in [0.15, 0.2) is 4.96 Å². The second-order valence-corrected chi connectivity index (χ2v) is 5.75. The quantitative estimate of drug-likeness (QED) is 0.819. The summed E-state index contributed by atoms with van der Waals surface area (Å²) in [6.07, 6.45) is 3.78. The molecule has 0 spiro atoms. The second-order valence-electron chi connectivity index (χ2n) is 3.36. The predicted molar refractivity (Wildman–Crippen MR) is 65.8 cm³/mol. The predicted octanol–water partition coefficient (Wildman–Crippen LogP) is 2.82. The van der Waals surface area contributed by atoms with Gasteiger partial charge >= 0.3 is 5.97 Å². The van der Waals surface area contributed by atoms with Gasteiger partial charge in [0, 0.05) is 12.4 Å². The maximum atomic E-state index is 11.5. The van der Waals surface area contributed by atoms with Crippen molar-refractivity contribution in [3.63, 3.8) is 0 Å². The van der Waals surface area contributed by atoms with Crippen LogP contribution < -0.4 is 0 Å². The summed E-state index contributed by atoms with van der Waals surface area (Å²) >= 11 is 4.92. The summed E-state index contributed by atoms with van der Waals surface area (Å²) in [6, 6.07) is 0. The molecule has 16 heavy (non-hydrogen) atoms. The highest BCUT2D eigenvalue weighted by Gasteiger charge is 2.20. The zero-order chi connectivity index (χ0) is 11.7. The highest BCUT2D eigenvalue weighted by Crippen LogP contribution is 2.25. The van der Waals surface area contributed by atoms with Crippen molar-refractivity contribution in [1.29, 1.82) is 0 Å². The molecule has 1 atom stereocenters. The van der Waals surface area contributed by atoms with Gasteiger partial charge in [-0.2, -0.15) is 0 Å². The van der Waals surface area contributed by atoms with Gasteiger partial charge in [0.2, 0.25) is 0 Å². The topological polar surface area (TPSA) is 43.6 Å². The molecule has 2 aromatic rings. The van der Waals surface area contributed by atoms with E-state index in [4.69, 9.17) is 4.74 Å². The average Bonchev–Trinajstić information content (AvgIpc) is 2.73. The van der Waals surface area contributed by atoms with E-state index < -0.39 is 0 Å². The molecule has 0 aromatic carbocycles. The molecule has 0 saturated heterocycles. The number of hydrogen-bond acceptors (Lipinski definition) is 4. The zero-order valence-corrected chi connectivity index (χ0v) is 11.3. The maximum absolute atomic E-state index is 11.5. The summed E-state index contributed by atoms with van der Waals surface area (Å²) < 4.78 is 7.88. The SMILES string of the molecule is CCOC(=O)[C@H](C)c1cn2cc(Br)sc2n1. The summed E-state index contributed by atoms with van der Waals surface area (Å²) in [5.41, 5.74) is 0.747. The first-order chi connectivity index (χ1) is 7.61. The molecular weight excluding hydrogens is 292 g/mol. The molecule has 2 rings (SSSR count). The molecule has 6 heteroatoms. The number of halogens is 1. The molecule has 0 bridgehead atoms. The minimum Gasteiger partial charge on any atom is -0.465 e. The van der Waals surface area contributed by atoms with Crippen molar-refractivity contribution >= 4 is 38.2 Å². The van der Waals surface area contributed by atoms with Crippen molar-refractivity contribution in [2.45, 2.75) is 19.8 Å². The van der Waals surface area contributed by atoms with E-state index >= 15 is 0 Å². The smallest absolute Gasteiger partial charge is 0.314 e. The van der Waals surface area contributed by atoms with E-state index in [1.165, 1.54) is 11.3 Å². The van der Waals surface area contributed by atoms with Gasteiger partial charge in [-0.25, -0.2) is 4.98 Å². The van der Waals surface area contributed by atoms with Crippen molar-refractivity contribution in [3.8, 4) is 0 Å². The van der Waals surface area contributed by atoms with E-state index in [-0.39, 0.29) is 11.9 Å². The molecule has 2 heterocycles. The van der Waals surface area contributed by atoms with Crippen LogP contribution in [0.3, 0.4) is 0 Å². The Balaban J connectivity index is 2.26. The molecule has 0 radical (unpaired) electrons. The summed E-state index contributed by atoms with van der Waals surface area (Å²) in [5.74, 6) is -0.543. The van der Waals surface area contributed by atoms with Crippen LogP contribution in [0.4, 0.5) is 0 Å². The Kier molecular flexibility index (Phi) is 3.30. The number of carbonyl (C=O) groups excluding carboxylic acids is 1. The van der Waals surface area contributed by atoms with E-state index in [2.05, 4.69) is 20.9 Å². The minimum atomic E-state index is -0.314. The molecule has 0 aliphatic heterocycles. The first-order valence-electron chi connectivity index (χ1n) is 4.92. The highest BCUT2D eigenvalue weighted by molar-refractivity contribution is 9.11. The zero-order valence-electron chi connectivity index (χ0n) is 8.94. The van der Waals surface area contributed by atoms with E-state index in [0.29, 0.717) is 6.61 Å². The maximum Gasteiger partial charge on any atom is 0.314 e. The lowest BCUT2D eigenvalue weighted by Gasteiger charge is -2.06. The number of rotatable bonds is 3. The number of carbonyl (C=O) groups is 1. The van der Waals surface area contributed by atoms with Crippen molar-refractivity contribution in [2.75, 3.05) is 6.61 Å². The van der Waals surface area contributed by atoms with Crippen LogP contribution in [0.5, 0.6) is 0 Å². The van der Waals surface area contributed by atoms with E-state index in [0.717, 1.165) is 14.4 Å². The van der Waals surface area contributed by atoms with Gasteiger partial charge in [-0.15, -0.1) is 0 Å². The van der Waals surface area contributed by atoms with Gasteiger partial charge < -0.3 is 4.74 Å². The summed E-state index contributed by atoms with van der Waals surface area (Å²) in [5, 5.41) is 0. The van der Waals surface area contributed by atoms with Crippen LogP contribution in [-0.4, -0.2) is 22.0 Å². The first kappa shape index (κ1) is 11.6. The molecule has 0 aliphatic carbocycles. The molecule has 0 unspecified atom stereocenters. The normalized spacial score (nSPS) is 12.9. The molecule has 0 fully saturated rings.